The molecule has 1 amide bonds. The Bertz CT molecular complexity index is 498. The van der Waals surface area contributed by atoms with Crippen molar-refractivity contribution in [2.24, 2.45) is 5.73 Å². The number of nitrogens with zero attached hydrogens (tertiary/aromatic N) is 1. The summed E-state index contributed by atoms with van der Waals surface area (Å²) in [6.07, 6.45) is 0.942. The van der Waals surface area contributed by atoms with Crippen LogP contribution in [0.25, 0.3) is 0 Å². The maximum Gasteiger partial charge on any atom is 0.242 e. The number of aryl methyl sites for hydroxylation is 1. The first-order chi connectivity index (χ1) is 9.46. The van der Waals surface area contributed by atoms with Gasteiger partial charge in [-0.25, -0.2) is 4.39 Å². The molecule has 1 unspecified atom stereocenters. The Morgan fingerprint density at radius 3 is 2.80 bits per heavy atom. The van der Waals surface area contributed by atoms with Crippen LogP contribution in [0.4, 0.5) is 4.39 Å². The van der Waals surface area contributed by atoms with E-state index in [2.05, 4.69) is 5.32 Å². The minimum absolute atomic E-state index is 0.303. The molecule has 1 aromatic rings. The van der Waals surface area contributed by atoms with Crippen molar-refractivity contribution >= 4 is 5.91 Å². The van der Waals surface area contributed by atoms with Crippen LogP contribution in [0.15, 0.2) is 18.2 Å². The Morgan fingerprint density at radius 1 is 1.40 bits per heavy atom. The molecular formula is C15H22FN3O. The maximum atomic E-state index is 13.8. The van der Waals surface area contributed by atoms with Crippen LogP contribution >= 0.6 is 0 Å². The summed E-state index contributed by atoms with van der Waals surface area (Å²) in [5.74, 6) is -0.745. The molecule has 2 rings (SSSR count). The Hall–Kier alpha value is -1.46. The average Bonchev–Trinajstić information content (AvgIpc) is 2.70. The fourth-order valence-corrected chi connectivity index (χ4v) is 2.67. The highest BCUT2D eigenvalue weighted by atomic mass is 19.1. The quantitative estimate of drug-likeness (QED) is 0.872. The predicted molar refractivity (Wildman–Crippen MR) is 76.7 cm³/mol. The molecule has 1 aromatic carbocycles. The van der Waals surface area contributed by atoms with Crippen molar-refractivity contribution in [2.75, 3.05) is 26.2 Å². The molecule has 1 aliphatic heterocycles. The molecule has 1 heterocycles. The molecule has 20 heavy (non-hydrogen) atoms. The summed E-state index contributed by atoms with van der Waals surface area (Å²) in [6, 6.07) is 4.92. The lowest BCUT2D eigenvalue weighted by molar-refractivity contribution is -0.130. The molecule has 1 aliphatic rings. The Balaban J connectivity index is 2.41. The number of halogens is 1. The Morgan fingerprint density at radius 2 is 2.15 bits per heavy atom. The lowest BCUT2D eigenvalue weighted by Crippen LogP contribution is -2.54. The van der Waals surface area contributed by atoms with Gasteiger partial charge in [0.15, 0.2) is 0 Å². The molecule has 5 heteroatoms. The normalized spacial score (nSPS) is 20.1. The third-order valence-corrected chi connectivity index (χ3v) is 4.19. The molecule has 0 saturated carbocycles. The number of benzene rings is 1. The number of amides is 1. The highest BCUT2D eigenvalue weighted by Crippen LogP contribution is 2.29. The van der Waals surface area contributed by atoms with Gasteiger partial charge < -0.3 is 11.1 Å². The number of nitrogens with one attached hydrogen (secondary N) is 1. The summed E-state index contributed by atoms with van der Waals surface area (Å²) in [5.41, 5.74) is 5.87. The average molecular weight is 279 g/mol. The second-order valence-electron chi connectivity index (χ2n) is 5.49. The number of hydrogen-bond acceptors (Lipinski definition) is 3. The molecule has 4 nitrogen and oxygen atoms in total. The van der Waals surface area contributed by atoms with Crippen LogP contribution in [0, 0.1) is 12.7 Å². The van der Waals surface area contributed by atoms with E-state index in [1.807, 2.05) is 4.90 Å². The second-order valence-corrected chi connectivity index (χ2v) is 5.49. The van der Waals surface area contributed by atoms with Crippen LogP contribution in [-0.4, -0.2) is 37.0 Å². The second kappa shape index (κ2) is 5.89. The van der Waals surface area contributed by atoms with Gasteiger partial charge in [-0.2, -0.15) is 0 Å². The van der Waals surface area contributed by atoms with Gasteiger partial charge in [-0.05, 0) is 44.0 Å². The van der Waals surface area contributed by atoms with Gasteiger partial charge in [0, 0.05) is 19.6 Å². The van der Waals surface area contributed by atoms with E-state index < -0.39 is 11.4 Å². The van der Waals surface area contributed by atoms with Crippen LogP contribution < -0.4 is 11.1 Å². The number of carbonyl (C=O) groups is 1. The number of hydrogen-bond donors (Lipinski definition) is 2. The smallest absolute Gasteiger partial charge is 0.242 e. The topological polar surface area (TPSA) is 58.4 Å². The van der Waals surface area contributed by atoms with E-state index in [-0.39, 0.29) is 5.82 Å². The first-order valence-electron chi connectivity index (χ1n) is 6.98. The largest absolute Gasteiger partial charge is 0.368 e. The van der Waals surface area contributed by atoms with Gasteiger partial charge in [-0.15, -0.1) is 0 Å². The third-order valence-electron chi connectivity index (χ3n) is 4.19. The maximum absolute atomic E-state index is 13.8. The summed E-state index contributed by atoms with van der Waals surface area (Å²) in [7, 11) is 0. The van der Waals surface area contributed by atoms with Crippen LogP contribution in [-0.2, 0) is 10.3 Å². The first-order valence-corrected chi connectivity index (χ1v) is 6.98. The molecule has 3 N–H and O–H groups in total. The molecule has 1 fully saturated rings. The summed E-state index contributed by atoms with van der Waals surface area (Å²) >= 11 is 0. The molecular weight excluding hydrogens is 257 g/mol. The minimum atomic E-state index is -0.972. The van der Waals surface area contributed by atoms with Gasteiger partial charge in [0.25, 0.3) is 0 Å². The molecule has 1 saturated heterocycles. The first kappa shape index (κ1) is 14.9. The molecule has 0 aromatic heterocycles. The molecule has 0 radical (unpaired) electrons. The molecule has 1 atom stereocenters. The lowest BCUT2D eigenvalue weighted by Gasteiger charge is -2.38. The van der Waals surface area contributed by atoms with Gasteiger partial charge >= 0.3 is 0 Å². The van der Waals surface area contributed by atoms with E-state index in [4.69, 9.17) is 5.73 Å². The fourth-order valence-electron chi connectivity index (χ4n) is 2.67. The zero-order valence-electron chi connectivity index (χ0n) is 12.1. The summed E-state index contributed by atoms with van der Waals surface area (Å²) in [4.78, 5) is 14.1. The van der Waals surface area contributed by atoms with Crippen molar-refractivity contribution in [3.63, 3.8) is 0 Å². The molecule has 0 spiro atoms. The zero-order chi connectivity index (χ0) is 14.8. The monoisotopic (exact) mass is 279 g/mol. The standard InChI is InChI=1S/C15H22FN3O/c1-11-4-5-12(10-13(11)16)15(2,14(17)20)19-8-3-6-18-7-9-19/h4-5,10,18H,3,6-9H2,1-2H3,(H2,17,20). The van der Waals surface area contributed by atoms with Gasteiger partial charge in [-0.1, -0.05) is 12.1 Å². The van der Waals surface area contributed by atoms with Gasteiger partial charge in [0.05, 0.1) is 0 Å². The van der Waals surface area contributed by atoms with E-state index in [0.717, 1.165) is 32.6 Å². The highest BCUT2D eigenvalue weighted by molar-refractivity contribution is 5.85. The predicted octanol–water partition coefficient (Wildman–Crippen LogP) is 1.13. The molecule has 0 aliphatic carbocycles. The van der Waals surface area contributed by atoms with E-state index in [1.54, 1.807) is 26.0 Å². The fraction of sp³-hybridized carbons (Fsp3) is 0.533. The highest BCUT2D eigenvalue weighted by Gasteiger charge is 2.39. The van der Waals surface area contributed by atoms with Crippen LogP contribution in [0.5, 0.6) is 0 Å². The third kappa shape index (κ3) is 2.69. The molecule has 0 bridgehead atoms. The van der Waals surface area contributed by atoms with Crippen LogP contribution in [0.2, 0.25) is 0 Å². The lowest BCUT2D eigenvalue weighted by atomic mass is 9.88. The van der Waals surface area contributed by atoms with Crippen molar-refractivity contribution in [3.8, 4) is 0 Å². The van der Waals surface area contributed by atoms with Crippen molar-refractivity contribution in [1.82, 2.24) is 10.2 Å². The van der Waals surface area contributed by atoms with Crippen molar-refractivity contribution < 1.29 is 9.18 Å². The number of rotatable bonds is 3. The van der Waals surface area contributed by atoms with Crippen LogP contribution in [0.1, 0.15) is 24.5 Å². The minimum Gasteiger partial charge on any atom is -0.368 e. The SMILES string of the molecule is Cc1ccc(C(C)(C(N)=O)N2CCCNCC2)cc1F. The number of nitrogens with two attached hydrogens (primary N) is 1. The van der Waals surface area contributed by atoms with Gasteiger partial charge in [-0.3, -0.25) is 9.69 Å². The van der Waals surface area contributed by atoms with Crippen molar-refractivity contribution in [2.45, 2.75) is 25.8 Å². The van der Waals surface area contributed by atoms with E-state index in [0.29, 0.717) is 11.1 Å². The number of carbonyl (C=O) groups excluding carboxylic acids is 1. The summed E-state index contributed by atoms with van der Waals surface area (Å²) in [5, 5.41) is 3.29. The van der Waals surface area contributed by atoms with Crippen molar-refractivity contribution in [1.29, 1.82) is 0 Å². The zero-order valence-corrected chi connectivity index (χ0v) is 12.1. The van der Waals surface area contributed by atoms with E-state index >= 15 is 0 Å². The number of primary amides is 1. The summed E-state index contributed by atoms with van der Waals surface area (Å²) < 4.78 is 13.8. The van der Waals surface area contributed by atoms with Crippen molar-refractivity contribution in [3.05, 3.63) is 35.1 Å². The van der Waals surface area contributed by atoms with Crippen LogP contribution in [0.3, 0.4) is 0 Å². The van der Waals surface area contributed by atoms with Gasteiger partial charge in [0.2, 0.25) is 5.91 Å². The Kier molecular flexibility index (Phi) is 4.40. The Labute approximate surface area is 119 Å². The summed E-state index contributed by atoms with van der Waals surface area (Å²) in [6.45, 7) is 6.70. The van der Waals surface area contributed by atoms with Gasteiger partial charge in [0.1, 0.15) is 11.4 Å². The van der Waals surface area contributed by atoms with E-state index in [1.165, 1.54) is 6.07 Å². The van der Waals surface area contributed by atoms with E-state index in [9.17, 15) is 9.18 Å². The molecule has 110 valence electrons.